The van der Waals surface area contributed by atoms with E-state index in [0.29, 0.717) is 0 Å². The summed E-state index contributed by atoms with van der Waals surface area (Å²) in [7, 11) is 0. The molecule has 4 aliphatic heterocycles. The Morgan fingerprint density at radius 1 is 0.252 bits per heavy atom. The molecule has 13 aromatic rings. The maximum atomic E-state index is 5.79. The van der Waals surface area contributed by atoms with Crippen LogP contribution in [0.2, 0.25) is 0 Å². The Hall–Kier alpha value is -13.4. The fraction of sp³-hybridized carbons (Fsp3) is 0.308. The summed E-state index contributed by atoms with van der Waals surface area (Å²) in [6.45, 7) is 64.1. The third kappa shape index (κ3) is 19.2. The minimum Gasteiger partial charge on any atom is -0.657 e. The van der Waals surface area contributed by atoms with Gasteiger partial charge >= 0.3 is 19.5 Å². The van der Waals surface area contributed by atoms with Crippen LogP contribution in [-0.4, -0.2) is 29.9 Å². The molecular formula is C130H132N8Zn. The fourth-order valence-corrected chi connectivity index (χ4v) is 20.8. The number of benzene rings is 7. The first-order valence-corrected chi connectivity index (χ1v) is 50.0. The van der Waals surface area contributed by atoms with Crippen molar-refractivity contribution in [1.29, 1.82) is 0 Å². The van der Waals surface area contributed by atoms with Gasteiger partial charge in [0.25, 0.3) is 0 Å². The van der Waals surface area contributed by atoms with Gasteiger partial charge in [0.15, 0.2) is 0 Å². The van der Waals surface area contributed by atoms with E-state index in [1.54, 1.807) is 0 Å². The van der Waals surface area contributed by atoms with Crippen molar-refractivity contribution in [2.45, 2.75) is 267 Å². The Bertz CT molecular complexity index is 7430. The summed E-state index contributed by atoms with van der Waals surface area (Å²) in [6, 6.07) is 65.6. The number of aromatic amines is 2. The van der Waals surface area contributed by atoms with Crippen LogP contribution in [0.15, 0.2) is 182 Å². The van der Waals surface area contributed by atoms with E-state index in [1.807, 2.05) is 72.8 Å². The third-order valence-corrected chi connectivity index (χ3v) is 29.1. The van der Waals surface area contributed by atoms with Crippen molar-refractivity contribution in [3.05, 3.63) is 339 Å². The van der Waals surface area contributed by atoms with E-state index in [-0.39, 0.29) is 41.1 Å². The summed E-state index contributed by atoms with van der Waals surface area (Å²) < 4.78 is 0. The van der Waals surface area contributed by atoms with E-state index in [9.17, 15) is 0 Å². The van der Waals surface area contributed by atoms with Gasteiger partial charge in [0.2, 0.25) is 0 Å². The number of hydrogen-bond acceptors (Lipinski definition) is 4. The summed E-state index contributed by atoms with van der Waals surface area (Å²) in [5.74, 6) is 27.4. The molecule has 9 heteroatoms. The average Bonchev–Trinajstić information content (AvgIpc) is 1.60. The number of allylic oxidation sites excluding steroid dienone is 8. The number of fused-ring (bicyclic) bond motifs is 16. The molecule has 8 nitrogen and oxygen atoms in total. The molecule has 10 heterocycles. The van der Waals surface area contributed by atoms with Gasteiger partial charge in [-0.1, -0.05) is 281 Å². The molecule has 6 aromatic heterocycles. The molecule has 0 aliphatic carbocycles. The Labute approximate surface area is 839 Å². The summed E-state index contributed by atoms with van der Waals surface area (Å²) in [4.78, 5) is 42.6. The van der Waals surface area contributed by atoms with Gasteiger partial charge in [0.05, 0.1) is 56.6 Å². The molecule has 17 rings (SSSR count). The molecule has 139 heavy (non-hydrogen) atoms. The SMILES string of the molecule is CCC1=C(C)c2nc1cc1[n-]c(c(C)c1CC)c(-c1ccc(C#Cc3ccc(C#Cc4ccc(C#Cc5ccc(C#Cc6ccc(-c7c8nc(cc9[nH]c(c(C)c9CC)c(-c9cc(C(C)(C)C)cc(C(C)(C)C)c9)c9nc(cc%10[nH]c7c(C)c%10CC)C(CC)=C9C)C(CC)=C8C)cc6)cc5)cc4)cc3)cc1)c1nc(cc3[n-]c(c(C)c3CC)c2-c2cc(C(C)(C)C)cc(C(C)(C)C)c2)C(CC)=C1C.[Zn+2]. The summed E-state index contributed by atoms with van der Waals surface area (Å²) in [5.41, 5.74) is 56.4. The Kier molecular flexibility index (Phi) is 27.8. The molecule has 0 amide bonds. The number of aromatic nitrogens is 8. The van der Waals surface area contributed by atoms with Gasteiger partial charge in [0, 0.05) is 66.7 Å². The van der Waals surface area contributed by atoms with Crippen LogP contribution in [0, 0.1) is 75.1 Å². The van der Waals surface area contributed by atoms with E-state index in [1.165, 1.54) is 106 Å². The maximum absolute atomic E-state index is 5.79. The van der Waals surface area contributed by atoms with Crippen molar-refractivity contribution < 1.29 is 19.5 Å². The second-order valence-electron chi connectivity index (χ2n) is 42.1. The van der Waals surface area contributed by atoms with Crippen LogP contribution < -0.4 is 9.97 Å². The molecule has 2 N–H and O–H groups in total. The molecular weight excluding hydrogens is 1740 g/mol. The summed E-state index contributed by atoms with van der Waals surface area (Å²) >= 11 is 0. The average molecular weight is 1870 g/mol. The minimum absolute atomic E-state index is 0. The molecule has 0 spiro atoms. The van der Waals surface area contributed by atoms with Gasteiger partial charge in [-0.25, -0.2) is 19.9 Å². The Balaban J connectivity index is 0.0000140. The fourth-order valence-electron chi connectivity index (χ4n) is 20.8. The van der Waals surface area contributed by atoms with Gasteiger partial charge < -0.3 is 19.9 Å². The second-order valence-corrected chi connectivity index (χ2v) is 42.1. The number of H-pyrrole nitrogens is 2. The molecule has 0 radical (unpaired) electrons. The van der Waals surface area contributed by atoms with Gasteiger partial charge in [-0.3, -0.25) is 0 Å². The van der Waals surface area contributed by atoms with Crippen molar-refractivity contribution in [2.24, 2.45) is 0 Å². The zero-order chi connectivity index (χ0) is 98.2. The van der Waals surface area contributed by atoms with Crippen molar-refractivity contribution in [1.82, 2.24) is 39.9 Å². The van der Waals surface area contributed by atoms with Gasteiger partial charge in [-0.15, -0.1) is 22.1 Å². The van der Waals surface area contributed by atoms with E-state index in [4.69, 9.17) is 29.9 Å². The monoisotopic (exact) mass is 1870 g/mol. The van der Waals surface area contributed by atoms with Crippen LogP contribution >= 0.6 is 0 Å². The largest absolute Gasteiger partial charge is 2.00 e. The van der Waals surface area contributed by atoms with Crippen LogP contribution in [0.4, 0.5) is 0 Å². The van der Waals surface area contributed by atoms with Crippen LogP contribution in [0.5, 0.6) is 0 Å². The quantitative estimate of drug-likeness (QED) is 0.0931. The smallest absolute Gasteiger partial charge is 0.657 e. The second kappa shape index (κ2) is 39.1. The van der Waals surface area contributed by atoms with Crippen molar-refractivity contribution >= 4 is 88.7 Å². The van der Waals surface area contributed by atoms with Crippen LogP contribution in [-0.2, 0) is 66.8 Å². The Morgan fingerprint density at radius 3 is 0.727 bits per heavy atom. The van der Waals surface area contributed by atoms with Crippen LogP contribution in [0.1, 0.15) is 349 Å². The van der Waals surface area contributed by atoms with Crippen molar-refractivity contribution in [3.8, 4) is 91.9 Å². The first-order chi connectivity index (χ1) is 65.8. The molecule has 0 fully saturated rings. The normalized spacial score (nSPS) is 12.9. The summed E-state index contributed by atoms with van der Waals surface area (Å²) in [6.07, 6.45) is 6.65. The molecule has 0 atom stereocenters. The van der Waals surface area contributed by atoms with Crippen molar-refractivity contribution in [2.75, 3.05) is 0 Å². The van der Waals surface area contributed by atoms with E-state index in [2.05, 4.69) is 360 Å². The molecule has 16 bridgehead atoms. The number of nitrogens with one attached hydrogen (secondary N) is 2. The molecule has 0 unspecified atom stereocenters. The zero-order valence-electron chi connectivity index (χ0n) is 87.4. The topological polar surface area (TPSA) is 111 Å². The third-order valence-electron chi connectivity index (χ3n) is 29.1. The molecule has 4 aliphatic rings. The summed E-state index contributed by atoms with van der Waals surface area (Å²) in [5, 5.41) is 0. The molecule has 694 valence electrons. The maximum Gasteiger partial charge on any atom is 2.00 e. The van der Waals surface area contributed by atoms with E-state index < -0.39 is 0 Å². The minimum atomic E-state index is -0.0891. The van der Waals surface area contributed by atoms with Gasteiger partial charge in [-0.05, 0) is 360 Å². The predicted molar refractivity (Wildman–Crippen MR) is 587 cm³/mol. The standard InChI is InChI=1S/C130H132N8.Zn/c1-29-99-75(9)119-115(120-76(10)100(30-2)108(132-120)72-112-104(34-6)80(14)124(136-112)117(123-79(13)103(33-5)111(135-123)71-107(99)131-119)93-65-95(127(17,18)19)69-96(66-93)128(20,21)22)91-61-57-89(58-62-91)55-53-87-49-45-85(46-50-87)43-41-83-37-39-84(40-38-83)42-44-86-47-51-88(52-48-86)54-56-90-59-63-92(64-60-90)116-121-77(11)101(31-3)109(133-121)73-113-105(35-7)81(15)125(137-113)118(94-67-97(129(23,24)25)70-98(68-94)130(26,27)28)126-82(16)106(36-8)114(138-126)74-110-102(32-4)78(12)122(116)134-110;/h37-40,45-52,57-74,131,136H,29-36H2,1-28H3;/q-2;+2. The van der Waals surface area contributed by atoms with E-state index in [0.717, 1.165) is 236 Å². The molecule has 7 aromatic carbocycles. The van der Waals surface area contributed by atoms with Crippen molar-refractivity contribution in [3.63, 3.8) is 0 Å². The number of rotatable bonds is 12. The molecule has 0 saturated heterocycles. The predicted octanol–water partition coefficient (Wildman–Crippen LogP) is 32.5. The number of nitrogens with zero attached hydrogens (tertiary/aromatic N) is 6. The van der Waals surface area contributed by atoms with Crippen LogP contribution in [0.25, 0.3) is 133 Å². The molecule has 0 saturated carbocycles. The number of aryl methyl sites for hydroxylation is 8. The first-order valence-electron chi connectivity index (χ1n) is 50.0. The van der Waals surface area contributed by atoms with Crippen LogP contribution in [0.3, 0.4) is 0 Å². The van der Waals surface area contributed by atoms with Gasteiger partial charge in [-0.2, -0.15) is 0 Å². The Morgan fingerprint density at radius 2 is 0.475 bits per heavy atom. The number of hydrogen-bond donors (Lipinski definition) is 2. The zero-order valence-corrected chi connectivity index (χ0v) is 90.3. The van der Waals surface area contributed by atoms with Gasteiger partial charge in [0.1, 0.15) is 0 Å². The van der Waals surface area contributed by atoms with E-state index >= 15 is 0 Å². The first kappa shape index (κ1) is 98.6.